The summed E-state index contributed by atoms with van der Waals surface area (Å²) in [5, 5.41) is 0. The van der Waals surface area contributed by atoms with E-state index in [-0.39, 0.29) is 17.9 Å². The van der Waals surface area contributed by atoms with Crippen molar-refractivity contribution in [2.24, 2.45) is 5.92 Å². The minimum atomic E-state index is -3.40. The molecule has 0 amide bonds. The lowest BCUT2D eigenvalue weighted by molar-refractivity contribution is 0.156. The van der Waals surface area contributed by atoms with E-state index >= 15 is 0 Å². The smallest absolute Gasteiger partial charge is 0.282 e. The van der Waals surface area contributed by atoms with Crippen molar-refractivity contribution in [2.75, 3.05) is 19.7 Å². The molecular weight excluding hydrogens is 331 g/mol. The first-order chi connectivity index (χ1) is 11.6. The van der Waals surface area contributed by atoms with Crippen LogP contribution in [0.4, 0.5) is 4.39 Å². The monoisotopic (exact) mass is 354 g/mol. The fourth-order valence-corrected chi connectivity index (χ4v) is 6.51. The fraction of sp³-hybridized carbons (Fsp3) is 0.647. The summed E-state index contributed by atoms with van der Waals surface area (Å²) in [5.41, 5.74) is 0. The molecule has 0 spiro atoms. The number of halogens is 1. The molecule has 0 N–H and O–H groups in total. The van der Waals surface area contributed by atoms with Gasteiger partial charge in [-0.3, -0.25) is 0 Å². The lowest BCUT2D eigenvalue weighted by Crippen LogP contribution is -2.52. The van der Waals surface area contributed by atoms with E-state index in [1.807, 2.05) is 0 Å². The Bertz CT molecular complexity index is 688. The van der Waals surface area contributed by atoms with E-state index in [1.165, 1.54) is 12.1 Å². The summed E-state index contributed by atoms with van der Waals surface area (Å²) in [6.07, 6.45) is 4.83. The van der Waals surface area contributed by atoms with Crippen LogP contribution in [0.25, 0.3) is 0 Å². The van der Waals surface area contributed by atoms with Crippen LogP contribution in [-0.2, 0) is 10.2 Å². The largest absolute Gasteiger partial charge is 0.492 e. The highest BCUT2D eigenvalue weighted by molar-refractivity contribution is 7.86. The number of ether oxygens (including phenoxy) is 1. The van der Waals surface area contributed by atoms with Gasteiger partial charge in [-0.2, -0.15) is 17.0 Å². The minimum Gasteiger partial charge on any atom is -0.492 e. The molecule has 2 bridgehead atoms. The molecule has 3 fully saturated rings. The zero-order valence-electron chi connectivity index (χ0n) is 13.6. The first-order valence-electron chi connectivity index (χ1n) is 8.73. The lowest BCUT2D eigenvalue weighted by Gasteiger charge is -2.36. The zero-order valence-corrected chi connectivity index (χ0v) is 14.4. The predicted octanol–water partition coefficient (Wildman–Crippen LogP) is 2.40. The Morgan fingerprint density at radius 1 is 1.12 bits per heavy atom. The van der Waals surface area contributed by atoms with E-state index < -0.39 is 10.2 Å². The summed E-state index contributed by atoms with van der Waals surface area (Å²) < 4.78 is 48.2. The average Bonchev–Trinajstić information content (AvgIpc) is 3.30. The van der Waals surface area contributed by atoms with Crippen LogP contribution in [0.3, 0.4) is 0 Å². The molecule has 0 aromatic heterocycles. The van der Waals surface area contributed by atoms with Crippen molar-refractivity contribution < 1.29 is 17.5 Å². The Hall–Kier alpha value is -1.18. The second-order valence-electron chi connectivity index (χ2n) is 7.00. The molecule has 3 aliphatic rings. The Kier molecular flexibility index (Phi) is 4.26. The van der Waals surface area contributed by atoms with Crippen molar-refractivity contribution in [1.82, 2.24) is 8.61 Å². The molecule has 7 heteroatoms. The Morgan fingerprint density at radius 2 is 1.83 bits per heavy atom. The topological polar surface area (TPSA) is 49.9 Å². The standard InChI is InChI=1S/C17H23FN2O3S/c18-14-4-7-16(8-5-14)23-12-17-13-3-6-15(11-13)20(17)24(21,22)19-9-1-2-10-19/h4-5,7-8,13,15,17H,1-3,6,9-12H2/t13?,15?,17-/m1/s1. The minimum absolute atomic E-state index is 0.112. The van der Waals surface area contributed by atoms with Crippen LogP contribution in [0.2, 0.25) is 0 Å². The van der Waals surface area contributed by atoms with E-state index in [0.29, 0.717) is 31.4 Å². The fourth-order valence-electron chi connectivity index (χ4n) is 4.38. The molecule has 2 saturated heterocycles. The third-order valence-corrected chi connectivity index (χ3v) is 7.69. The van der Waals surface area contributed by atoms with Crippen molar-refractivity contribution in [3.63, 3.8) is 0 Å². The number of piperidine rings is 1. The third-order valence-electron chi connectivity index (χ3n) is 5.57. The molecule has 1 aromatic carbocycles. The number of hydrogen-bond acceptors (Lipinski definition) is 3. The van der Waals surface area contributed by atoms with Crippen molar-refractivity contribution in [3.8, 4) is 5.75 Å². The van der Waals surface area contributed by atoms with Gasteiger partial charge in [0.25, 0.3) is 10.2 Å². The molecule has 2 aliphatic heterocycles. The number of hydrogen-bond donors (Lipinski definition) is 0. The third kappa shape index (κ3) is 2.82. The van der Waals surface area contributed by atoms with Crippen molar-refractivity contribution in [3.05, 3.63) is 30.1 Å². The quantitative estimate of drug-likeness (QED) is 0.816. The number of fused-ring (bicyclic) bond motifs is 2. The van der Waals surface area contributed by atoms with Crippen LogP contribution < -0.4 is 4.74 Å². The summed E-state index contributed by atoms with van der Waals surface area (Å²) in [4.78, 5) is 0. The highest BCUT2D eigenvalue weighted by Crippen LogP contribution is 2.45. The number of benzene rings is 1. The van der Waals surface area contributed by atoms with E-state index in [9.17, 15) is 12.8 Å². The van der Waals surface area contributed by atoms with E-state index in [1.54, 1.807) is 20.7 Å². The van der Waals surface area contributed by atoms with Gasteiger partial charge >= 0.3 is 0 Å². The van der Waals surface area contributed by atoms with Crippen LogP contribution in [0.15, 0.2) is 24.3 Å². The van der Waals surface area contributed by atoms with Crippen molar-refractivity contribution in [1.29, 1.82) is 0 Å². The van der Waals surface area contributed by atoms with Gasteiger partial charge < -0.3 is 4.74 Å². The van der Waals surface area contributed by atoms with Gasteiger partial charge in [-0.1, -0.05) is 0 Å². The molecule has 132 valence electrons. The number of nitrogens with zero attached hydrogens (tertiary/aromatic N) is 2. The SMILES string of the molecule is O=S(=O)(N1CCCC1)N1C2CCC(C2)[C@H]1COc1ccc(F)cc1. The van der Waals surface area contributed by atoms with Gasteiger partial charge in [-0.25, -0.2) is 4.39 Å². The van der Waals surface area contributed by atoms with E-state index in [0.717, 1.165) is 32.1 Å². The molecule has 2 unspecified atom stereocenters. The van der Waals surface area contributed by atoms with Gasteiger partial charge in [0.15, 0.2) is 0 Å². The van der Waals surface area contributed by atoms with Crippen LogP contribution in [0, 0.1) is 11.7 Å². The molecule has 1 saturated carbocycles. The van der Waals surface area contributed by atoms with Crippen LogP contribution in [0.1, 0.15) is 32.1 Å². The first-order valence-corrected chi connectivity index (χ1v) is 10.1. The summed E-state index contributed by atoms with van der Waals surface area (Å²) >= 11 is 0. The Morgan fingerprint density at radius 3 is 2.54 bits per heavy atom. The normalized spacial score (nSPS) is 31.0. The molecule has 2 heterocycles. The van der Waals surface area contributed by atoms with E-state index in [4.69, 9.17) is 4.74 Å². The molecule has 24 heavy (non-hydrogen) atoms. The zero-order chi connectivity index (χ0) is 16.7. The van der Waals surface area contributed by atoms with Crippen LogP contribution >= 0.6 is 0 Å². The van der Waals surface area contributed by atoms with Gasteiger partial charge in [0.2, 0.25) is 0 Å². The maximum absolute atomic E-state index is 13.0. The maximum atomic E-state index is 13.0. The highest BCUT2D eigenvalue weighted by atomic mass is 32.2. The van der Waals surface area contributed by atoms with Gasteiger partial charge in [-0.15, -0.1) is 0 Å². The molecule has 1 aliphatic carbocycles. The Labute approximate surface area is 142 Å². The molecule has 1 aromatic rings. The summed E-state index contributed by atoms with van der Waals surface area (Å²) in [5.74, 6) is 0.644. The molecule has 0 radical (unpaired) electrons. The maximum Gasteiger partial charge on any atom is 0.282 e. The van der Waals surface area contributed by atoms with Gasteiger partial charge in [-0.05, 0) is 62.3 Å². The Balaban J connectivity index is 1.51. The molecule has 3 atom stereocenters. The van der Waals surface area contributed by atoms with Crippen molar-refractivity contribution in [2.45, 2.75) is 44.2 Å². The second kappa shape index (κ2) is 6.28. The predicted molar refractivity (Wildman–Crippen MR) is 88.4 cm³/mol. The van der Waals surface area contributed by atoms with E-state index in [2.05, 4.69) is 0 Å². The summed E-state index contributed by atoms with van der Waals surface area (Å²) in [7, 11) is -3.40. The first kappa shape index (κ1) is 16.3. The molecule has 4 rings (SSSR count). The highest BCUT2D eigenvalue weighted by Gasteiger charge is 2.53. The van der Waals surface area contributed by atoms with Gasteiger partial charge in [0, 0.05) is 19.1 Å². The lowest BCUT2D eigenvalue weighted by atomic mass is 10.0. The van der Waals surface area contributed by atoms with Crippen LogP contribution in [0.5, 0.6) is 5.75 Å². The van der Waals surface area contributed by atoms with Crippen LogP contribution in [-0.4, -0.2) is 48.8 Å². The van der Waals surface area contributed by atoms with Crippen molar-refractivity contribution >= 4 is 10.2 Å². The molecular formula is C17H23FN2O3S. The second-order valence-corrected chi connectivity index (χ2v) is 8.84. The number of rotatable bonds is 5. The summed E-state index contributed by atoms with van der Waals surface area (Å²) in [6.45, 7) is 1.59. The van der Waals surface area contributed by atoms with Gasteiger partial charge in [0.1, 0.15) is 18.2 Å². The average molecular weight is 354 g/mol. The van der Waals surface area contributed by atoms with Gasteiger partial charge in [0.05, 0.1) is 6.04 Å². The molecule has 5 nitrogen and oxygen atoms in total. The summed E-state index contributed by atoms with van der Waals surface area (Å²) in [6, 6.07) is 5.88.